The first-order valence-corrected chi connectivity index (χ1v) is 13.5. The van der Waals surface area contributed by atoms with Crippen molar-refractivity contribution in [3.8, 4) is 22.9 Å². The maximum Gasteiger partial charge on any atom is 0.307 e. The minimum atomic E-state index is -0.504. The van der Waals surface area contributed by atoms with Gasteiger partial charge in [-0.15, -0.1) is 0 Å². The van der Waals surface area contributed by atoms with Crippen molar-refractivity contribution in [3.05, 3.63) is 123 Å². The van der Waals surface area contributed by atoms with Crippen molar-refractivity contribution in [2.45, 2.75) is 34.3 Å². The van der Waals surface area contributed by atoms with E-state index in [9.17, 15) is 14.9 Å². The molecule has 1 N–H and O–H groups in total. The van der Waals surface area contributed by atoms with Gasteiger partial charge in [0.2, 0.25) is 0 Å². The number of nitrogens with one attached hydrogen (secondary N) is 1. The number of ether oxygens (including phenoxy) is 2. The summed E-state index contributed by atoms with van der Waals surface area (Å²) in [5.41, 5.74) is 8.86. The van der Waals surface area contributed by atoms with Gasteiger partial charge in [0.25, 0.3) is 5.69 Å². The highest BCUT2D eigenvalue weighted by Crippen LogP contribution is 2.31. The van der Waals surface area contributed by atoms with Gasteiger partial charge in [-0.1, -0.05) is 0 Å². The minimum absolute atomic E-state index is 0.0624. The molecule has 0 saturated carbocycles. The Morgan fingerprint density at radius 3 is 2.35 bits per heavy atom. The van der Waals surface area contributed by atoms with Crippen molar-refractivity contribution in [2.75, 3.05) is 7.11 Å². The van der Waals surface area contributed by atoms with Gasteiger partial charge in [0.05, 0.1) is 30.0 Å². The number of nitrogens with zero attached hydrogens (tertiary/aromatic N) is 4. The molecule has 1 amide bonds. The van der Waals surface area contributed by atoms with Crippen LogP contribution in [0.15, 0.2) is 82.3 Å². The Hall–Kier alpha value is -5.58. The Labute approximate surface area is 248 Å². The van der Waals surface area contributed by atoms with E-state index in [4.69, 9.17) is 13.9 Å². The van der Waals surface area contributed by atoms with Gasteiger partial charge in [0.15, 0.2) is 5.76 Å². The number of non-ortho nitro benzene ring substituents is 1. The summed E-state index contributed by atoms with van der Waals surface area (Å²) in [5.74, 6) is 1.14. The summed E-state index contributed by atoms with van der Waals surface area (Å²) >= 11 is 0. The van der Waals surface area contributed by atoms with E-state index < -0.39 is 10.8 Å². The van der Waals surface area contributed by atoms with E-state index in [1.807, 2.05) is 48.7 Å². The fourth-order valence-corrected chi connectivity index (χ4v) is 4.97. The zero-order valence-electron chi connectivity index (χ0n) is 24.5. The van der Waals surface area contributed by atoms with Crippen LogP contribution >= 0.6 is 0 Å². The molecule has 2 aromatic carbocycles. The largest absolute Gasteiger partial charge is 0.494 e. The van der Waals surface area contributed by atoms with Crippen LogP contribution in [0.5, 0.6) is 11.5 Å². The number of hydrogen-bond acceptors (Lipinski definition) is 7. The number of carbonyl (C=O) groups excluding carboxylic acids is 1. The van der Waals surface area contributed by atoms with E-state index in [2.05, 4.69) is 41.1 Å². The van der Waals surface area contributed by atoms with Crippen LogP contribution in [0.3, 0.4) is 0 Å². The van der Waals surface area contributed by atoms with Gasteiger partial charge in [-0.25, -0.2) is 5.43 Å². The smallest absolute Gasteiger partial charge is 0.307 e. The Kier molecular flexibility index (Phi) is 8.15. The molecule has 0 fully saturated rings. The van der Waals surface area contributed by atoms with Gasteiger partial charge in [-0.3, -0.25) is 14.9 Å². The predicted octanol–water partition coefficient (Wildman–Crippen LogP) is 6.35. The zero-order valence-corrected chi connectivity index (χ0v) is 24.5. The molecule has 3 heterocycles. The van der Waals surface area contributed by atoms with Crippen LogP contribution in [-0.4, -0.2) is 33.3 Å². The minimum Gasteiger partial charge on any atom is -0.494 e. The number of aryl methyl sites for hydroxylation is 3. The van der Waals surface area contributed by atoms with Gasteiger partial charge in [0, 0.05) is 40.1 Å². The molecule has 0 spiro atoms. The number of methoxy groups -OCH3 is 1. The second-order valence-electron chi connectivity index (χ2n) is 9.97. The summed E-state index contributed by atoms with van der Waals surface area (Å²) in [7, 11) is 1.46. The second-order valence-corrected chi connectivity index (χ2v) is 9.97. The monoisotopic (exact) mass is 581 g/mol. The first-order valence-electron chi connectivity index (χ1n) is 13.5. The highest BCUT2D eigenvalue weighted by molar-refractivity contribution is 5.92. The lowest BCUT2D eigenvalue weighted by atomic mass is 10.2. The number of hydrazone groups is 1. The number of carbonyl (C=O) groups is 1. The molecule has 43 heavy (non-hydrogen) atoms. The Morgan fingerprint density at radius 1 is 0.953 bits per heavy atom. The topological polar surface area (TPSA) is 126 Å². The number of nitro benzene ring substituents is 1. The lowest BCUT2D eigenvalue weighted by Gasteiger charge is -2.13. The van der Waals surface area contributed by atoms with Crippen molar-refractivity contribution in [1.82, 2.24) is 14.6 Å². The van der Waals surface area contributed by atoms with E-state index >= 15 is 0 Å². The third-order valence-corrected chi connectivity index (χ3v) is 7.09. The van der Waals surface area contributed by atoms with Crippen LogP contribution in [-0.2, 0) is 6.61 Å². The van der Waals surface area contributed by atoms with Gasteiger partial charge in [-0.05, 0) is 88.4 Å². The van der Waals surface area contributed by atoms with Crippen LogP contribution in [0, 0.1) is 37.8 Å². The van der Waals surface area contributed by atoms with Gasteiger partial charge in [-0.2, -0.15) is 5.10 Å². The van der Waals surface area contributed by atoms with Crippen molar-refractivity contribution in [2.24, 2.45) is 5.10 Å². The molecule has 0 atom stereocenters. The molecular weight excluding hydrogens is 550 g/mol. The highest BCUT2D eigenvalue weighted by atomic mass is 16.6. The van der Waals surface area contributed by atoms with Crippen molar-refractivity contribution >= 4 is 17.8 Å². The molecule has 5 rings (SSSR count). The molecule has 0 bridgehead atoms. The summed E-state index contributed by atoms with van der Waals surface area (Å²) < 4.78 is 21.0. The maximum atomic E-state index is 12.6. The predicted molar refractivity (Wildman–Crippen MR) is 162 cm³/mol. The van der Waals surface area contributed by atoms with E-state index in [1.165, 1.54) is 25.5 Å². The van der Waals surface area contributed by atoms with Gasteiger partial charge >= 0.3 is 5.91 Å². The first-order chi connectivity index (χ1) is 20.7. The second kappa shape index (κ2) is 12.1. The SMILES string of the molecule is COc1cc([N+](=O)[O-])ccc1-n1c(C)cc(/C=N/NC(=O)c2ccc(COc3ccc(-n4c(C)ccc4C)cc3)o2)c1C. The van der Waals surface area contributed by atoms with Crippen LogP contribution in [0.4, 0.5) is 5.69 Å². The average molecular weight is 582 g/mol. The third kappa shape index (κ3) is 6.05. The van der Waals surface area contributed by atoms with Crippen molar-refractivity contribution < 1.29 is 23.6 Å². The number of benzene rings is 2. The van der Waals surface area contributed by atoms with Crippen LogP contribution < -0.4 is 14.9 Å². The normalized spacial score (nSPS) is 11.2. The summed E-state index contributed by atoms with van der Waals surface area (Å²) in [6.45, 7) is 8.07. The lowest BCUT2D eigenvalue weighted by Crippen LogP contribution is -2.16. The molecule has 11 nitrogen and oxygen atoms in total. The lowest BCUT2D eigenvalue weighted by molar-refractivity contribution is -0.384. The zero-order chi connectivity index (χ0) is 30.7. The average Bonchev–Trinajstić information content (AvgIpc) is 3.69. The molecule has 5 aromatic rings. The quantitative estimate of drug-likeness (QED) is 0.116. The molecule has 220 valence electrons. The number of amides is 1. The number of hydrogen-bond donors (Lipinski definition) is 1. The molecule has 0 saturated heterocycles. The molecule has 11 heteroatoms. The standard InChI is InChI=1S/C32H31N5O6/c1-20-6-7-21(2)35(20)25-8-11-27(12-9-25)42-19-28-13-15-30(43-28)32(38)34-33-18-24-16-22(3)36(23(24)4)29-14-10-26(37(39)40)17-31(29)41-5/h6-18H,19H2,1-5H3,(H,34,38)/b33-18+. The fraction of sp³-hybridized carbons (Fsp3) is 0.188. The maximum absolute atomic E-state index is 12.6. The highest BCUT2D eigenvalue weighted by Gasteiger charge is 2.17. The molecule has 0 unspecified atom stereocenters. The molecular formula is C32H31N5O6. The number of rotatable bonds is 10. The van der Waals surface area contributed by atoms with Gasteiger partial charge < -0.3 is 23.0 Å². The van der Waals surface area contributed by atoms with E-state index in [0.29, 0.717) is 22.9 Å². The molecule has 0 radical (unpaired) electrons. The van der Waals surface area contributed by atoms with Crippen LogP contribution in [0.2, 0.25) is 0 Å². The molecule has 0 aliphatic carbocycles. The molecule has 3 aromatic heterocycles. The third-order valence-electron chi connectivity index (χ3n) is 7.09. The van der Waals surface area contributed by atoms with Crippen LogP contribution in [0.25, 0.3) is 11.4 Å². The van der Waals surface area contributed by atoms with E-state index in [-0.39, 0.29) is 18.1 Å². The first kappa shape index (κ1) is 28.9. The van der Waals surface area contributed by atoms with Crippen molar-refractivity contribution in [3.63, 3.8) is 0 Å². The Bertz CT molecular complexity index is 1810. The fourth-order valence-electron chi connectivity index (χ4n) is 4.97. The summed E-state index contributed by atoms with van der Waals surface area (Å²) in [6.07, 6.45) is 1.53. The van der Waals surface area contributed by atoms with Crippen molar-refractivity contribution in [1.29, 1.82) is 0 Å². The summed E-state index contributed by atoms with van der Waals surface area (Å²) in [6, 6.07) is 21.5. The van der Waals surface area contributed by atoms with Crippen LogP contribution in [0.1, 0.15) is 44.7 Å². The van der Waals surface area contributed by atoms with E-state index in [1.54, 1.807) is 18.2 Å². The molecule has 0 aliphatic heterocycles. The summed E-state index contributed by atoms with van der Waals surface area (Å²) in [5, 5.41) is 15.3. The Morgan fingerprint density at radius 2 is 1.67 bits per heavy atom. The molecule has 0 aliphatic rings. The number of furan rings is 1. The number of nitro groups is 1. The number of aromatic nitrogens is 2. The van der Waals surface area contributed by atoms with Gasteiger partial charge in [0.1, 0.15) is 23.9 Å². The Balaban J connectivity index is 1.20. The van der Waals surface area contributed by atoms with E-state index in [0.717, 1.165) is 34.0 Å². The summed E-state index contributed by atoms with van der Waals surface area (Å²) in [4.78, 5) is 23.3.